The van der Waals surface area contributed by atoms with Crippen LogP contribution in [0.1, 0.15) is 32.6 Å². The van der Waals surface area contributed by atoms with Crippen molar-refractivity contribution in [2.75, 3.05) is 13.1 Å². The molecule has 0 N–H and O–H groups in total. The first-order valence-corrected chi connectivity index (χ1v) is 5.85. The number of piperidine rings is 1. The van der Waals surface area contributed by atoms with Crippen LogP contribution in [-0.4, -0.2) is 36.1 Å². The molecule has 2 aliphatic rings. The van der Waals surface area contributed by atoms with Gasteiger partial charge in [0.25, 0.3) is 0 Å². The molecule has 1 fully saturated rings. The van der Waals surface area contributed by atoms with Crippen molar-refractivity contribution in [2.45, 2.75) is 44.8 Å². The Kier molecular flexibility index (Phi) is 3.41. The summed E-state index contributed by atoms with van der Waals surface area (Å²) in [7, 11) is 0. The van der Waals surface area contributed by atoms with E-state index in [0.29, 0.717) is 6.04 Å². The van der Waals surface area contributed by atoms with Gasteiger partial charge in [0.15, 0.2) is 0 Å². The van der Waals surface area contributed by atoms with Crippen molar-refractivity contribution >= 4 is 5.97 Å². The zero-order valence-electron chi connectivity index (χ0n) is 9.32. The Morgan fingerprint density at radius 1 is 1.27 bits per heavy atom. The van der Waals surface area contributed by atoms with E-state index in [0.717, 1.165) is 6.42 Å². The van der Waals surface area contributed by atoms with E-state index in [9.17, 15) is 4.79 Å². The summed E-state index contributed by atoms with van der Waals surface area (Å²) in [6.07, 6.45) is 9.15. The van der Waals surface area contributed by atoms with Crippen LogP contribution < -0.4 is 0 Å². The van der Waals surface area contributed by atoms with Gasteiger partial charge in [-0.2, -0.15) is 0 Å². The zero-order valence-corrected chi connectivity index (χ0v) is 9.32. The Hall–Kier alpha value is -0.830. The molecule has 1 aliphatic heterocycles. The molecule has 2 rings (SSSR count). The zero-order chi connectivity index (χ0) is 10.7. The molecule has 0 radical (unpaired) electrons. The topological polar surface area (TPSA) is 29.5 Å². The average Bonchev–Trinajstić information content (AvgIpc) is 2.67. The standard InChI is InChI=1S/C12H19NO2/c1-10(14)15-12-6-5-11(9-12)13-7-3-2-4-8-13/h5-6,11-12H,2-4,7-9H2,1H3/t11-,12+/m1/s1. The van der Waals surface area contributed by atoms with Crippen molar-refractivity contribution in [1.82, 2.24) is 4.90 Å². The van der Waals surface area contributed by atoms with Crippen molar-refractivity contribution in [3.63, 3.8) is 0 Å². The maximum absolute atomic E-state index is 10.8. The molecule has 0 bridgehead atoms. The smallest absolute Gasteiger partial charge is 0.303 e. The number of esters is 1. The van der Waals surface area contributed by atoms with E-state index in [1.54, 1.807) is 0 Å². The van der Waals surface area contributed by atoms with E-state index in [1.165, 1.54) is 39.3 Å². The summed E-state index contributed by atoms with van der Waals surface area (Å²) < 4.78 is 5.18. The molecule has 0 aromatic rings. The number of hydrogen-bond donors (Lipinski definition) is 0. The molecule has 3 heteroatoms. The lowest BCUT2D eigenvalue weighted by Crippen LogP contribution is -2.38. The van der Waals surface area contributed by atoms with Crippen molar-refractivity contribution in [2.24, 2.45) is 0 Å². The van der Waals surface area contributed by atoms with Crippen molar-refractivity contribution in [1.29, 1.82) is 0 Å². The fourth-order valence-corrected chi connectivity index (χ4v) is 2.47. The van der Waals surface area contributed by atoms with Gasteiger partial charge in [0.1, 0.15) is 6.10 Å². The predicted octanol–water partition coefficient (Wildman–Crippen LogP) is 1.73. The SMILES string of the molecule is CC(=O)O[C@H]1C=C[C@@H](N2CCCCC2)C1. The van der Waals surface area contributed by atoms with Crippen LogP contribution in [0.5, 0.6) is 0 Å². The molecule has 0 unspecified atom stereocenters. The van der Waals surface area contributed by atoms with Gasteiger partial charge in [-0.3, -0.25) is 9.69 Å². The van der Waals surface area contributed by atoms with Crippen molar-refractivity contribution in [3.05, 3.63) is 12.2 Å². The fraction of sp³-hybridized carbons (Fsp3) is 0.750. The van der Waals surface area contributed by atoms with E-state index in [4.69, 9.17) is 4.74 Å². The summed E-state index contributed by atoms with van der Waals surface area (Å²) in [4.78, 5) is 13.3. The number of rotatable bonds is 2. The Morgan fingerprint density at radius 2 is 2.00 bits per heavy atom. The minimum Gasteiger partial charge on any atom is -0.458 e. The molecule has 2 atom stereocenters. The highest BCUT2D eigenvalue weighted by Gasteiger charge is 2.26. The molecule has 3 nitrogen and oxygen atoms in total. The highest BCUT2D eigenvalue weighted by Crippen LogP contribution is 2.22. The highest BCUT2D eigenvalue weighted by atomic mass is 16.5. The third-order valence-electron chi connectivity index (χ3n) is 3.20. The summed E-state index contributed by atoms with van der Waals surface area (Å²) >= 11 is 0. The Labute approximate surface area is 91.1 Å². The highest BCUT2D eigenvalue weighted by molar-refractivity contribution is 5.66. The number of carbonyl (C=O) groups is 1. The monoisotopic (exact) mass is 209 g/mol. The van der Waals surface area contributed by atoms with Gasteiger partial charge in [-0.05, 0) is 32.0 Å². The largest absolute Gasteiger partial charge is 0.458 e. The van der Waals surface area contributed by atoms with Gasteiger partial charge in [0, 0.05) is 19.4 Å². The molecule has 0 spiro atoms. The van der Waals surface area contributed by atoms with Crippen LogP contribution in [0.4, 0.5) is 0 Å². The van der Waals surface area contributed by atoms with E-state index < -0.39 is 0 Å². The fourth-order valence-electron chi connectivity index (χ4n) is 2.47. The molecular weight excluding hydrogens is 190 g/mol. The third-order valence-corrected chi connectivity index (χ3v) is 3.20. The van der Waals surface area contributed by atoms with E-state index in [2.05, 4.69) is 11.0 Å². The summed E-state index contributed by atoms with van der Waals surface area (Å²) in [5.41, 5.74) is 0. The van der Waals surface area contributed by atoms with Gasteiger partial charge in [-0.25, -0.2) is 0 Å². The van der Waals surface area contributed by atoms with Gasteiger partial charge in [0.05, 0.1) is 0 Å². The lowest BCUT2D eigenvalue weighted by molar-refractivity contribution is -0.144. The maximum atomic E-state index is 10.8. The molecule has 0 aromatic heterocycles. The third kappa shape index (κ3) is 2.81. The molecule has 1 aliphatic carbocycles. The molecule has 15 heavy (non-hydrogen) atoms. The molecule has 0 aromatic carbocycles. The van der Waals surface area contributed by atoms with Crippen molar-refractivity contribution < 1.29 is 9.53 Å². The number of ether oxygens (including phenoxy) is 1. The van der Waals surface area contributed by atoms with Gasteiger partial charge in [-0.15, -0.1) is 0 Å². The summed E-state index contributed by atoms with van der Waals surface area (Å²) in [5, 5.41) is 0. The Bertz CT molecular complexity index is 256. The molecule has 1 heterocycles. The number of hydrogen-bond acceptors (Lipinski definition) is 3. The first-order valence-electron chi connectivity index (χ1n) is 5.85. The van der Waals surface area contributed by atoms with Crippen LogP contribution in [0.25, 0.3) is 0 Å². The second kappa shape index (κ2) is 4.79. The lowest BCUT2D eigenvalue weighted by Gasteiger charge is -2.31. The summed E-state index contributed by atoms with van der Waals surface area (Å²) in [6.45, 7) is 3.87. The van der Waals surface area contributed by atoms with E-state index in [-0.39, 0.29) is 12.1 Å². The number of carbonyl (C=O) groups excluding carboxylic acids is 1. The molecular formula is C12H19NO2. The van der Waals surface area contributed by atoms with E-state index >= 15 is 0 Å². The number of likely N-dealkylation sites (tertiary alicyclic amines) is 1. The Morgan fingerprint density at radius 3 is 2.67 bits per heavy atom. The second-order valence-electron chi connectivity index (χ2n) is 4.43. The maximum Gasteiger partial charge on any atom is 0.303 e. The summed E-state index contributed by atoms with van der Waals surface area (Å²) in [6, 6.07) is 0.495. The minimum atomic E-state index is -0.177. The first-order chi connectivity index (χ1) is 7.25. The minimum absolute atomic E-state index is 0.00873. The molecule has 1 saturated heterocycles. The van der Waals surface area contributed by atoms with Crippen molar-refractivity contribution in [3.8, 4) is 0 Å². The molecule has 0 saturated carbocycles. The van der Waals surface area contributed by atoms with Gasteiger partial charge < -0.3 is 4.74 Å². The first kappa shape index (κ1) is 10.7. The van der Waals surface area contributed by atoms with Crippen LogP contribution in [0, 0.1) is 0 Å². The normalized spacial score (nSPS) is 31.8. The Balaban J connectivity index is 1.82. The lowest BCUT2D eigenvalue weighted by atomic mass is 10.1. The van der Waals surface area contributed by atoms with Gasteiger partial charge in [-0.1, -0.05) is 12.5 Å². The van der Waals surface area contributed by atoms with Gasteiger partial charge in [0.2, 0.25) is 0 Å². The molecule has 0 amide bonds. The van der Waals surface area contributed by atoms with Crippen LogP contribution in [0.2, 0.25) is 0 Å². The quantitative estimate of drug-likeness (QED) is 0.512. The van der Waals surface area contributed by atoms with Gasteiger partial charge >= 0.3 is 5.97 Å². The summed E-state index contributed by atoms with van der Waals surface area (Å²) in [5.74, 6) is -0.177. The van der Waals surface area contributed by atoms with Crippen LogP contribution >= 0.6 is 0 Å². The van der Waals surface area contributed by atoms with E-state index in [1.807, 2.05) is 6.08 Å². The van der Waals surface area contributed by atoms with Crippen LogP contribution in [-0.2, 0) is 9.53 Å². The van der Waals surface area contributed by atoms with Crippen LogP contribution in [0.3, 0.4) is 0 Å². The molecule has 84 valence electrons. The predicted molar refractivity (Wildman–Crippen MR) is 58.5 cm³/mol. The number of nitrogens with zero attached hydrogens (tertiary/aromatic N) is 1. The average molecular weight is 209 g/mol. The second-order valence-corrected chi connectivity index (χ2v) is 4.43. The van der Waals surface area contributed by atoms with Crippen LogP contribution in [0.15, 0.2) is 12.2 Å².